The lowest BCUT2D eigenvalue weighted by Crippen LogP contribution is -2.60. The number of aromatic amines is 1. The molecule has 7 nitrogen and oxygen atoms in total. The summed E-state index contributed by atoms with van der Waals surface area (Å²) in [4.78, 5) is 22.9. The van der Waals surface area contributed by atoms with Crippen molar-refractivity contribution < 1.29 is 9.53 Å². The van der Waals surface area contributed by atoms with Crippen molar-refractivity contribution in [3.8, 4) is 0 Å². The molecule has 3 aliphatic rings. The summed E-state index contributed by atoms with van der Waals surface area (Å²) in [7, 11) is 0. The number of hydrogen-bond donors (Lipinski definition) is 3. The van der Waals surface area contributed by atoms with Gasteiger partial charge in [0.2, 0.25) is 5.91 Å². The van der Waals surface area contributed by atoms with Gasteiger partial charge in [-0.2, -0.15) is 0 Å². The summed E-state index contributed by atoms with van der Waals surface area (Å²) < 4.78 is 5.54. The van der Waals surface area contributed by atoms with Crippen LogP contribution in [0.5, 0.6) is 0 Å². The molecule has 4 rings (SSSR count). The quantitative estimate of drug-likeness (QED) is 0.749. The highest BCUT2D eigenvalue weighted by molar-refractivity contribution is 5.83. The molecule has 0 aromatic carbocycles. The number of nitrogens with zero attached hydrogens (tertiary/aromatic N) is 2. The van der Waals surface area contributed by atoms with E-state index in [2.05, 4.69) is 25.5 Å². The van der Waals surface area contributed by atoms with Crippen LogP contribution in [0, 0.1) is 0 Å². The number of carbonyl (C=O) groups is 1. The van der Waals surface area contributed by atoms with E-state index in [0.717, 1.165) is 57.2 Å². The molecule has 0 bridgehead atoms. The molecule has 3 N–H and O–H groups in total. The van der Waals surface area contributed by atoms with Crippen molar-refractivity contribution in [2.75, 3.05) is 39.4 Å². The van der Waals surface area contributed by atoms with Crippen molar-refractivity contribution >= 4 is 5.91 Å². The van der Waals surface area contributed by atoms with Crippen LogP contribution >= 0.6 is 0 Å². The second-order valence-electron chi connectivity index (χ2n) is 7.51. The van der Waals surface area contributed by atoms with Gasteiger partial charge in [-0.15, -0.1) is 0 Å². The van der Waals surface area contributed by atoms with E-state index in [1.165, 1.54) is 32.1 Å². The van der Waals surface area contributed by atoms with E-state index in [9.17, 15) is 4.79 Å². The lowest BCUT2D eigenvalue weighted by molar-refractivity contribution is -0.124. The number of fused-ring (bicyclic) bond motifs is 1. The van der Waals surface area contributed by atoms with Crippen molar-refractivity contribution in [3.05, 3.63) is 17.7 Å². The first kappa shape index (κ1) is 17.0. The Bertz CT molecular complexity index is 590. The van der Waals surface area contributed by atoms with Gasteiger partial charge in [0.1, 0.15) is 6.04 Å². The first-order valence-electron chi connectivity index (χ1n) is 9.65. The molecule has 1 aromatic rings. The molecule has 1 atom stereocenters. The lowest BCUT2D eigenvalue weighted by atomic mass is 9.79. The van der Waals surface area contributed by atoms with Gasteiger partial charge in [-0.1, -0.05) is 19.3 Å². The Morgan fingerprint density at radius 3 is 2.92 bits per heavy atom. The van der Waals surface area contributed by atoms with Crippen LogP contribution < -0.4 is 10.6 Å². The number of morpholine rings is 1. The molecule has 1 aromatic heterocycles. The van der Waals surface area contributed by atoms with E-state index >= 15 is 0 Å². The predicted octanol–water partition coefficient (Wildman–Crippen LogP) is 0.748. The number of aromatic nitrogens is 2. The van der Waals surface area contributed by atoms with Crippen LogP contribution in [0.15, 0.2) is 6.33 Å². The number of H-pyrrole nitrogens is 1. The molecule has 1 saturated heterocycles. The van der Waals surface area contributed by atoms with Gasteiger partial charge in [0.05, 0.1) is 25.2 Å². The van der Waals surface area contributed by atoms with E-state index in [1.807, 2.05) is 0 Å². The van der Waals surface area contributed by atoms with E-state index in [-0.39, 0.29) is 17.5 Å². The van der Waals surface area contributed by atoms with Crippen molar-refractivity contribution in [1.82, 2.24) is 25.5 Å². The summed E-state index contributed by atoms with van der Waals surface area (Å²) in [6, 6.07) is -0.333. The van der Waals surface area contributed by atoms with E-state index < -0.39 is 0 Å². The van der Waals surface area contributed by atoms with Crippen molar-refractivity contribution in [2.24, 2.45) is 0 Å². The Hall–Kier alpha value is -1.44. The zero-order valence-corrected chi connectivity index (χ0v) is 14.9. The molecule has 1 unspecified atom stereocenters. The van der Waals surface area contributed by atoms with Gasteiger partial charge in [-0.3, -0.25) is 9.69 Å². The Kier molecular flexibility index (Phi) is 5.05. The topological polar surface area (TPSA) is 82.3 Å². The second-order valence-corrected chi connectivity index (χ2v) is 7.51. The van der Waals surface area contributed by atoms with Crippen LogP contribution in [0.2, 0.25) is 0 Å². The van der Waals surface area contributed by atoms with Gasteiger partial charge in [0.25, 0.3) is 0 Å². The smallest absolute Gasteiger partial charge is 0.243 e. The van der Waals surface area contributed by atoms with Crippen LogP contribution in [0.1, 0.15) is 49.5 Å². The van der Waals surface area contributed by atoms with Gasteiger partial charge in [-0.25, -0.2) is 4.98 Å². The molecule has 0 spiro atoms. The highest BCUT2D eigenvalue weighted by atomic mass is 16.5. The molecule has 7 heteroatoms. The van der Waals surface area contributed by atoms with Crippen LogP contribution in [0.3, 0.4) is 0 Å². The fourth-order valence-corrected chi connectivity index (χ4v) is 4.64. The van der Waals surface area contributed by atoms with Gasteiger partial charge in [0.15, 0.2) is 0 Å². The Morgan fingerprint density at radius 1 is 1.32 bits per heavy atom. The van der Waals surface area contributed by atoms with E-state index in [0.29, 0.717) is 0 Å². The number of amides is 1. The maximum atomic E-state index is 12.9. The number of nitrogens with one attached hydrogen (secondary N) is 3. The SMILES string of the molecule is O=C(NCC1(N2CCOCC2)CCCCC1)C1NCCc2[nH]cnc21. The molecule has 25 heavy (non-hydrogen) atoms. The molecule has 0 radical (unpaired) electrons. The van der Waals surface area contributed by atoms with Gasteiger partial charge in [-0.05, 0) is 12.8 Å². The summed E-state index contributed by atoms with van der Waals surface area (Å²) in [6.45, 7) is 5.08. The predicted molar refractivity (Wildman–Crippen MR) is 94.3 cm³/mol. The molecular formula is C18H29N5O2. The van der Waals surface area contributed by atoms with Crippen molar-refractivity contribution in [1.29, 1.82) is 0 Å². The Morgan fingerprint density at radius 2 is 2.12 bits per heavy atom. The Labute approximate surface area is 148 Å². The van der Waals surface area contributed by atoms with Crippen LogP contribution in [-0.4, -0.2) is 65.7 Å². The number of carbonyl (C=O) groups excluding carboxylic acids is 1. The molecule has 138 valence electrons. The first-order valence-corrected chi connectivity index (χ1v) is 9.65. The zero-order valence-electron chi connectivity index (χ0n) is 14.9. The average molecular weight is 347 g/mol. The highest BCUT2D eigenvalue weighted by Gasteiger charge is 2.39. The summed E-state index contributed by atoms with van der Waals surface area (Å²) in [5, 5.41) is 6.57. The largest absolute Gasteiger partial charge is 0.379 e. The van der Waals surface area contributed by atoms with Gasteiger partial charge in [0, 0.05) is 43.8 Å². The minimum atomic E-state index is -0.333. The molecule has 3 heterocycles. The van der Waals surface area contributed by atoms with Gasteiger partial charge >= 0.3 is 0 Å². The summed E-state index contributed by atoms with van der Waals surface area (Å²) >= 11 is 0. The lowest BCUT2D eigenvalue weighted by Gasteiger charge is -2.48. The van der Waals surface area contributed by atoms with E-state index in [1.54, 1.807) is 6.33 Å². The van der Waals surface area contributed by atoms with Crippen LogP contribution in [0.25, 0.3) is 0 Å². The maximum Gasteiger partial charge on any atom is 0.243 e. The number of imidazole rings is 1. The third-order valence-electron chi connectivity index (χ3n) is 6.07. The van der Waals surface area contributed by atoms with Crippen LogP contribution in [-0.2, 0) is 16.0 Å². The first-order chi connectivity index (χ1) is 12.3. The molecule has 1 saturated carbocycles. The Balaban J connectivity index is 1.44. The van der Waals surface area contributed by atoms with Crippen molar-refractivity contribution in [2.45, 2.75) is 50.1 Å². The molecular weight excluding hydrogens is 318 g/mol. The summed E-state index contributed by atoms with van der Waals surface area (Å²) in [5.41, 5.74) is 2.04. The minimum Gasteiger partial charge on any atom is -0.379 e. The fraction of sp³-hybridized carbons (Fsp3) is 0.778. The van der Waals surface area contributed by atoms with Gasteiger partial charge < -0.3 is 20.4 Å². The second kappa shape index (κ2) is 7.43. The maximum absolute atomic E-state index is 12.9. The summed E-state index contributed by atoms with van der Waals surface area (Å²) in [5.74, 6) is 0.0475. The number of rotatable bonds is 4. The molecule has 2 aliphatic heterocycles. The third kappa shape index (κ3) is 3.45. The molecule has 2 fully saturated rings. The standard InChI is InChI=1S/C18H29N5O2/c24-17(16-15-14(4-7-19-16)21-13-22-15)20-12-18(5-2-1-3-6-18)23-8-10-25-11-9-23/h13,16,19H,1-12H2,(H,20,24)(H,21,22). The van der Waals surface area contributed by atoms with Crippen LogP contribution in [0.4, 0.5) is 0 Å². The molecule has 1 amide bonds. The third-order valence-corrected chi connectivity index (χ3v) is 6.07. The normalized spacial score (nSPS) is 26.8. The van der Waals surface area contributed by atoms with E-state index in [4.69, 9.17) is 4.74 Å². The fourth-order valence-electron chi connectivity index (χ4n) is 4.64. The summed E-state index contributed by atoms with van der Waals surface area (Å²) in [6.07, 6.45) is 8.72. The number of hydrogen-bond acceptors (Lipinski definition) is 5. The number of ether oxygens (including phenoxy) is 1. The zero-order chi connectivity index (χ0) is 17.1. The minimum absolute atomic E-state index is 0.0475. The highest BCUT2D eigenvalue weighted by Crippen LogP contribution is 2.34. The average Bonchev–Trinajstić information content (AvgIpc) is 3.16. The monoisotopic (exact) mass is 347 g/mol. The molecule has 1 aliphatic carbocycles. The van der Waals surface area contributed by atoms with Crippen molar-refractivity contribution in [3.63, 3.8) is 0 Å².